The smallest absolute Gasteiger partial charge is 0.272 e. The number of amides is 1. The standard InChI is InChI=1S/C31H20Br2N4O2/c32-24-14-23(30(27(33)15-24)39-19-22-11-5-4-10-21(22)17-34)18-35-37-31(38)26-16-29(20-8-2-1-3-9-20)36-28-13-7-6-12-25(26)28/h1-16,18H,19H2,(H,37,38)/b35-18-. The van der Waals surface area contributed by atoms with Gasteiger partial charge in [0, 0.05) is 26.5 Å². The van der Waals surface area contributed by atoms with Gasteiger partial charge in [-0.1, -0.05) is 82.7 Å². The van der Waals surface area contributed by atoms with Gasteiger partial charge in [-0.25, -0.2) is 10.4 Å². The first-order chi connectivity index (χ1) is 19.0. The summed E-state index contributed by atoms with van der Waals surface area (Å²) in [7, 11) is 0. The summed E-state index contributed by atoms with van der Waals surface area (Å²) in [5, 5.41) is 14.4. The Balaban J connectivity index is 1.41. The van der Waals surface area contributed by atoms with Crippen LogP contribution >= 0.6 is 31.9 Å². The molecule has 0 fully saturated rings. The van der Waals surface area contributed by atoms with Gasteiger partial charge in [0.15, 0.2) is 0 Å². The fraction of sp³-hybridized carbons (Fsp3) is 0.0323. The zero-order valence-electron chi connectivity index (χ0n) is 20.4. The van der Waals surface area contributed by atoms with E-state index in [0.29, 0.717) is 32.6 Å². The molecule has 1 heterocycles. The fourth-order valence-corrected chi connectivity index (χ4v) is 5.45. The number of halogens is 2. The normalized spacial score (nSPS) is 10.9. The second-order valence-electron chi connectivity index (χ2n) is 8.50. The molecule has 0 aliphatic carbocycles. The van der Waals surface area contributed by atoms with Gasteiger partial charge in [0.2, 0.25) is 0 Å². The summed E-state index contributed by atoms with van der Waals surface area (Å²) in [6.45, 7) is 0.197. The molecule has 6 nitrogen and oxygen atoms in total. The molecular formula is C31H20Br2N4O2. The van der Waals surface area contributed by atoms with E-state index in [0.717, 1.165) is 26.5 Å². The minimum Gasteiger partial charge on any atom is -0.487 e. The Labute approximate surface area is 242 Å². The molecule has 0 bridgehead atoms. The predicted octanol–water partition coefficient (Wildman–Crippen LogP) is 7.64. The van der Waals surface area contributed by atoms with Gasteiger partial charge in [-0.2, -0.15) is 10.4 Å². The molecule has 1 amide bonds. The Morgan fingerprint density at radius 2 is 1.72 bits per heavy atom. The maximum Gasteiger partial charge on any atom is 0.272 e. The molecule has 0 aliphatic rings. The van der Waals surface area contributed by atoms with E-state index in [1.54, 1.807) is 12.1 Å². The summed E-state index contributed by atoms with van der Waals surface area (Å²) in [6, 6.07) is 32.2. The molecule has 0 atom stereocenters. The highest BCUT2D eigenvalue weighted by Gasteiger charge is 2.15. The number of hydrogen-bond donors (Lipinski definition) is 1. The lowest BCUT2D eigenvalue weighted by molar-refractivity contribution is 0.0956. The van der Waals surface area contributed by atoms with Crippen LogP contribution < -0.4 is 10.2 Å². The molecule has 5 rings (SSSR count). The van der Waals surface area contributed by atoms with Crippen LogP contribution in [0.15, 0.2) is 111 Å². The second-order valence-corrected chi connectivity index (χ2v) is 10.3. The molecule has 0 spiro atoms. The van der Waals surface area contributed by atoms with Crippen molar-refractivity contribution in [3.8, 4) is 23.1 Å². The summed E-state index contributed by atoms with van der Waals surface area (Å²) < 4.78 is 7.59. The van der Waals surface area contributed by atoms with Gasteiger partial charge < -0.3 is 4.74 Å². The molecule has 5 aromatic rings. The van der Waals surface area contributed by atoms with Crippen molar-refractivity contribution in [1.82, 2.24) is 10.4 Å². The Kier molecular flexibility index (Phi) is 8.11. The van der Waals surface area contributed by atoms with Crippen molar-refractivity contribution in [1.29, 1.82) is 5.26 Å². The van der Waals surface area contributed by atoms with E-state index in [9.17, 15) is 10.1 Å². The van der Waals surface area contributed by atoms with E-state index in [1.165, 1.54) is 6.21 Å². The van der Waals surface area contributed by atoms with Crippen LogP contribution in [0.2, 0.25) is 0 Å². The minimum absolute atomic E-state index is 0.197. The Bertz CT molecular complexity index is 1750. The summed E-state index contributed by atoms with van der Waals surface area (Å²) >= 11 is 7.04. The number of nitrogens with zero attached hydrogens (tertiary/aromatic N) is 3. The number of nitriles is 1. The van der Waals surface area contributed by atoms with Crippen LogP contribution in [0.25, 0.3) is 22.2 Å². The third-order valence-electron chi connectivity index (χ3n) is 5.95. The number of nitrogens with one attached hydrogen (secondary N) is 1. The number of fused-ring (bicyclic) bond motifs is 1. The molecule has 1 N–H and O–H groups in total. The first-order valence-electron chi connectivity index (χ1n) is 11.9. The van der Waals surface area contributed by atoms with Crippen molar-refractivity contribution in [3.63, 3.8) is 0 Å². The number of rotatable bonds is 7. The molecule has 0 unspecified atom stereocenters. The number of ether oxygens (including phenoxy) is 1. The average Bonchev–Trinajstić information content (AvgIpc) is 2.96. The topological polar surface area (TPSA) is 87.4 Å². The highest BCUT2D eigenvalue weighted by Crippen LogP contribution is 2.33. The Morgan fingerprint density at radius 3 is 2.54 bits per heavy atom. The quantitative estimate of drug-likeness (QED) is 0.146. The van der Waals surface area contributed by atoms with Gasteiger partial charge >= 0.3 is 0 Å². The van der Waals surface area contributed by atoms with Gasteiger partial charge in [-0.05, 0) is 46.3 Å². The van der Waals surface area contributed by atoms with E-state index in [4.69, 9.17) is 9.72 Å². The van der Waals surface area contributed by atoms with Crippen molar-refractivity contribution in [2.45, 2.75) is 6.61 Å². The van der Waals surface area contributed by atoms with Crippen LogP contribution in [-0.4, -0.2) is 17.1 Å². The minimum atomic E-state index is -0.360. The lowest BCUT2D eigenvalue weighted by Gasteiger charge is -2.13. The lowest BCUT2D eigenvalue weighted by Crippen LogP contribution is -2.18. The number of para-hydroxylation sites is 1. The van der Waals surface area contributed by atoms with Crippen molar-refractivity contribution in [3.05, 3.63) is 128 Å². The van der Waals surface area contributed by atoms with Crippen molar-refractivity contribution in [2.24, 2.45) is 5.10 Å². The van der Waals surface area contributed by atoms with Gasteiger partial charge in [-0.3, -0.25) is 4.79 Å². The first-order valence-corrected chi connectivity index (χ1v) is 13.5. The molecule has 1 aromatic heterocycles. The molecule has 0 radical (unpaired) electrons. The molecule has 0 saturated heterocycles. The van der Waals surface area contributed by atoms with Crippen LogP contribution in [0.4, 0.5) is 0 Å². The van der Waals surface area contributed by atoms with Crippen molar-refractivity contribution >= 4 is 54.9 Å². The number of benzene rings is 4. The maximum atomic E-state index is 13.3. The van der Waals surface area contributed by atoms with E-state index < -0.39 is 0 Å². The SMILES string of the molecule is N#Cc1ccccc1COc1c(Br)cc(Br)cc1/C=N\NC(=O)c1cc(-c2ccccc2)nc2ccccc12. The molecule has 190 valence electrons. The fourth-order valence-electron chi connectivity index (χ4n) is 4.07. The monoisotopic (exact) mass is 638 g/mol. The number of carbonyl (C=O) groups is 1. The molecule has 0 aliphatic heterocycles. The zero-order valence-corrected chi connectivity index (χ0v) is 23.6. The summed E-state index contributed by atoms with van der Waals surface area (Å²) in [5.41, 5.74) is 7.41. The maximum absolute atomic E-state index is 13.3. The predicted molar refractivity (Wildman–Crippen MR) is 160 cm³/mol. The van der Waals surface area contributed by atoms with Gasteiger partial charge in [0.25, 0.3) is 5.91 Å². The third-order valence-corrected chi connectivity index (χ3v) is 6.99. The zero-order chi connectivity index (χ0) is 27.2. The number of carbonyl (C=O) groups excluding carboxylic acids is 1. The average molecular weight is 640 g/mol. The Hall–Kier alpha value is -4.32. The third kappa shape index (κ3) is 6.06. The molecule has 4 aromatic carbocycles. The summed E-state index contributed by atoms with van der Waals surface area (Å²) in [5.74, 6) is 0.172. The van der Waals surface area contributed by atoms with Crippen LogP contribution in [0.3, 0.4) is 0 Å². The second kappa shape index (κ2) is 12.0. The van der Waals surface area contributed by atoms with Gasteiger partial charge in [-0.15, -0.1) is 0 Å². The number of hydrogen-bond acceptors (Lipinski definition) is 5. The van der Waals surface area contributed by atoms with E-state index in [2.05, 4.69) is 48.5 Å². The van der Waals surface area contributed by atoms with Crippen LogP contribution in [0, 0.1) is 11.3 Å². The number of pyridine rings is 1. The van der Waals surface area contributed by atoms with Crippen LogP contribution in [-0.2, 0) is 6.61 Å². The molecule has 0 saturated carbocycles. The van der Waals surface area contributed by atoms with Crippen molar-refractivity contribution < 1.29 is 9.53 Å². The molecular weight excluding hydrogens is 620 g/mol. The van der Waals surface area contributed by atoms with E-state index in [-0.39, 0.29) is 12.5 Å². The van der Waals surface area contributed by atoms with Crippen LogP contribution in [0.1, 0.15) is 27.0 Å². The lowest BCUT2D eigenvalue weighted by atomic mass is 10.0. The highest BCUT2D eigenvalue weighted by molar-refractivity contribution is 9.11. The number of hydrazone groups is 1. The summed E-state index contributed by atoms with van der Waals surface area (Å²) in [4.78, 5) is 18.0. The van der Waals surface area contributed by atoms with E-state index >= 15 is 0 Å². The van der Waals surface area contributed by atoms with Gasteiger partial charge in [0.05, 0.1) is 39.1 Å². The van der Waals surface area contributed by atoms with Gasteiger partial charge in [0.1, 0.15) is 12.4 Å². The van der Waals surface area contributed by atoms with Crippen molar-refractivity contribution in [2.75, 3.05) is 0 Å². The summed E-state index contributed by atoms with van der Waals surface area (Å²) in [6.07, 6.45) is 1.53. The molecule has 39 heavy (non-hydrogen) atoms. The largest absolute Gasteiger partial charge is 0.487 e. The first kappa shape index (κ1) is 26.3. The molecule has 8 heteroatoms. The van der Waals surface area contributed by atoms with E-state index in [1.807, 2.05) is 84.9 Å². The Morgan fingerprint density at radius 1 is 0.974 bits per heavy atom. The van der Waals surface area contributed by atoms with Crippen LogP contribution in [0.5, 0.6) is 5.75 Å². The number of aromatic nitrogens is 1. The highest BCUT2D eigenvalue weighted by atomic mass is 79.9.